The van der Waals surface area contributed by atoms with Crippen molar-refractivity contribution < 1.29 is 13.9 Å². The van der Waals surface area contributed by atoms with Crippen LogP contribution in [0.5, 0.6) is 0 Å². The predicted octanol–water partition coefficient (Wildman–Crippen LogP) is 2.57. The van der Waals surface area contributed by atoms with E-state index in [4.69, 9.17) is 15.6 Å². The van der Waals surface area contributed by atoms with Crippen LogP contribution in [0.4, 0.5) is 0 Å². The van der Waals surface area contributed by atoms with E-state index in [2.05, 4.69) is 26.3 Å². The highest BCUT2D eigenvalue weighted by atomic mass is 16.5. The number of esters is 1. The quantitative estimate of drug-likeness (QED) is 0.274. The number of carbonyl (C=O) groups is 1. The minimum Gasteiger partial charge on any atom is -0.460 e. The Kier molecular flexibility index (Phi) is 5.43. The fourth-order valence-electron chi connectivity index (χ4n) is 3.69. The fourth-order valence-corrected chi connectivity index (χ4v) is 3.69. The van der Waals surface area contributed by atoms with Gasteiger partial charge in [-0.3, -0.25) is 19.8 Å². The summed E-state index contributed by atoms with van der Waals surface area (Å²) in [5.41, 5.74) is 2.21. The second-order valence-corrected chi connectivity index (χ2v) is 7.23. The van der Waals surface area contributed by atoms with Gasteiger partial charge in [-0.1, -0.05) is 18.1 Å². The number of H-pyrrole nitrogens is 4. The van der Waals surface area contributed by atoms with Gasteiger partial charge in [0.05, 0.1) is 22.6 Å². The maximum atomic E-state index is 12.5. The van der Waals surface area contributed by atoms with Crippen molar-refractivity contribution in [2.45, 2.75) is 19.8 Å². The average molecular weight is 432 g/mol. The molecule has 1 aromatic carbocycles. The molecule has 9 nitrogen and oxygen atoms in total. The Bertz CT molecular complexity index is 1390. The number of terminal acetylenes is 1. The van der Waals surface area contributed by atoms with E-state index in [-0.39, 0.29) is 17.7 Å². The van der Waals surface area contributed by atoms with Gasteiger partial charge < -0.3 is 19.4 Å². The lowest BCUT2D eigenvalue weighted by Gasteiger charge is -2.12. The average Bonchev–Trinajstić information content (AvgIpc) is 3.49. The molecule has 0 unspecified atom stereocenters. The summed E-state index contributed by atoms with van der Waals surface area (Å²) < 4.78 is 11.1. The van der Waals surface area contributed by atoms with Crippen molar-refractivity contribution in [3.8, 4) is 23.7 Å². The molecule has 4 N–H and O–H groups in total. The van der Waals surface area contributed by atoms with Gasteiger partial charge in [0.15, 0.2) is 6.61 Å². The van der Waals surface area contributed by atoms with Crippen LogP contribution in [0, 0.1) is 26.2 Å². The number of benzene rings is 1. The highest BCUT2D eigenvalue weighted by molar-refractivity contribution is 5.90. The molecular formula is C23H20N4O5. The van der Waals surface area contributed by atoms with Crippen LogP contribution in [-0.2, 0) is 4.74 Å². The molecule has 4 aromatic rings. The number of hydrogen-bond donors (Lipinski definition) is 4. The predicted molar refractivity (Wildman–Crippen MR) is 117 cm³/mol. The molecule has 3 aromatic heterocycles. The molecule has 3 heterocycles. The Hall–Kier alpha value is -4.45. The van der Waals surface area contributed by atoms with Crippen LogP contribution in [0.15, 0.2) is 50.4 Å². The first-order valence-corrected chi connectivity index (χ1v) is 9.75. The number of aromatic nitrogens is 4. The van der Waals surface area contributed by atoms with Crippen molar-refractivity contribution in [1.82, 2.24) is 20.4 Å². The molecule has 0 fully saturated rings. The first-order chi connectivity index (χ1) is 15.4. The lowest BCUT2D eigenvalue weighted by atomic mass is 9.89. The molecule has 0 atom stereocenters. The van der Waals surface area contributed by atoms with E-state index < -0.39 is 11.9 Å². The summed E-state index contributed by atoms with van der Waals surface area (Å²) in [6.07, 6.45) is 5.13. The second-order valence-electron chi connectivity index (χ2n) is 7.23. The number of aryl methyl sites for hydroxylation is 2. The van der Waals surface area contributed by atoms with E-state index in [1.165, 1.54) is 0 Å². The van der Waals surface area contributed by atoms with Gasteiger partial charge in [-0.2, -0.15) is 0 Å². The van der Waals surface area contributed by atoms with Crippen LogP contribution in [0.25, 0.3) is 11.3 Å². The molecule has 0 aliphatic carbocycles. The van der Waals surface area contributed by atoms with E-state index in [1.807, 2.05) is 0 Å². The highest BCUT2D eigenvalue weighted by Gasteiger charge is 2.30. The van der Waals surface area contributed by atoms with Crippen molar-refractivity contribution in [2.75, 3.05) is 6.61 Å². The molecule has 0 bridgehead atoms. The molecule has 162 valence electrons. The topological polar surface area (TPSA) is 137 Å². The Morgan fingerprint density at radius 2 is 1.69 bits per heavy atom. The molecule has 4 rings (SSSR count). The molecule has 9 heteroatoms. The van der Waals surface area contributed by atoms with Gasteiger partial charge in [0, 0.05) is 17.0 Å². The molecule has 0 aliphatic heterocycles. The summed E-state index contributed by atoms with van der Waals surface area (Å²) in [4.78, 5) is 37.2. The first kappa shape index (κ1) is 20.8. The largest absolute Gasteiger partial charge is 0.460 e. The zero-order valence-electron chi connectivity index (χ0n) is 17.4. The third-order valence-corrected chi connectivity index (χ3v) is 5.18. The Morgan fingerprint density at radius 1 is 1.03 bits per heavy atom. The van der Waals surface area contributed by atoms with Crippen molar-refractivity contribution in [3.63, 3.8) is 0 Å². The third-order valence-electron chi connectivity index (χ3n) is 5.18. The molecule has 0 spiro atoms. The van der Waals surface area contributed by atoms with E-state index in [0.29, 0.717) is 45.2 Å². The van der Waals surface area contributed by atoms with Gasteiger partial charge >= 0.3 is 5.97 Å². The minimum absolute atomic E-state index is 0.120. The van der Waals surface area contributed by atoms with Gasteiger partial charge in [-0.25, -0.2) is 4.79 Å². The number of furan rings is 1. The normalized spacial score (nSPS) is 10.9. The summed E-state index contributed by atoms with van der Waals surface area (Å²) >= 11 is 0. The van der Waals surface area contributed by atoms with Crippen LogP contribution in [-0.4, -0.2) is 33.0 Å². The lowest BCUT2D eigenvalue weighted by molar-refractivity contribution is 0.0557. The van der Waals surface area contributed by atoms with Crippen LogP contribution in [0.1, 0.15) is 44.6 Å². The zero-order chi connectivity index (χ0) is 22.8. The Morgan fingerprint density at radius 3 is 2.25 bits per heavy atom. The van der Waals surface area contributed by atoms with Crippen molar-refractivity contribution in [2.24, 2.45) is 0 Å². The number of rotatable bonds is 6. The second kappa shape index (κ2) is 8.35. The summed E-state index contributed by atoms with van der Waals surface area (Å²) in [5.74, 6) is 1.84. The Labute approximate surface area is 181 Å². The highest BCUT2D eigenvalue weighted by Crippen LogP contribution is 2.34. The molecular weight excluding hydrogens is 412 g/mol. The van der Waals surface area contributed by atoms with Gasteiger partial charge in [-0.15, -0.1) is 6.42 Å². The first-order valence-electron chi connectivity index (χ1n) is 9.75. The molecule has 0 aliphatic rings. The molecule has 0 saturated carbocycles. The molecule has 0 radical (unpaired) electrons. The summed E-state index contributed by atoms with van der Waals surface area (Å²) in [7, 11) is 0. The van der Waals surface area contributed by atoms with E-state index in [1.54, 1.807) is 50.2 Å². The van der Waals surface area contributed by atoms with Crippen molar-refractivity contribution in [1.29, 1.82) is 0 Å². The number of ether oxygens (including phenoxy) is 1. The van der Waals surface area contributed by atoms with Crippen LogP contribution in [0.2, 0.25) is 0 Å². The summed E-state index contributed by atoms with van der Waals surface area (Å²) in [5, 5.41) is 10.7. The monoisotopic (exact) mass is 432 g/mol. The van der Waals surface area contributed by atoms with E-state index >= 15 is 0 Å². The summed E-state index contributed by atoms with van der Waals surface area (Å²) in [6.45, 7) is 3.36. The Balaban J connectivity index is 1.79. The fraction of sp³-hybridized carbons (Fsp3) is 0.174. The van der Waals surface area contributed by atoms with Crippen molar-refractivity contribution >= 4 is 5.97 Å². The molecule has 0 saturated heterocycles. The zero-order valence-corrected chi connectivity index (χ0v) is 17.4. The minimum atomic E-state index is -0.738. The standard InChI is InChI=1S/C23H20N4O5/c1-4-10-31-23(30)15-7-5-6-14(11-15)16-8-9-17(32-16)20(18-12(2)24-26-21(18)28)19-13(3)25-27-22(19)29/h1,5-9,11,20H,10H2,2-3H3,(H2,24,26,28)(H2,25,27,29). The van der Waals surface area contributed by atoms with Crippen LogP contribution in [0.3, 0.4) is 0 Å². The number of hydrogen-bond acceptors (Lipinski definition) is 5. The number of carbonyl (C=O) groups excluding carboxylic acids is 1. The van der Waals surface area contributed by atoms with Crippen molar-refractivity contribution in [3.05, 3.63) is 90.9 Å². The lowest BCUT2D eigenvalue weighted by Crippen LogP contribution is -2.19. The smallest absolute Gasteiger partial charge is 0.339 e. The van der Waals surface area contributed by atoms with E-state index in [0.717, 1.165) is 0 Å². The number of aromatic amines is 4. The van der Waals surface area contributed by atoms with Gasteiger partial charge in [0.2, 0.25) is 0 Å². The maximum Gasteiger partial charge on any atom is 0.339 e. The number of nitrogens with one attached hydrogen (secondary N) is 4. The maximum absolute atomic E-state index is 12.5. The van der Waals surface area contributed by atoms with Crippen LogP contribution >= 0.6 is 0 Å². The van der Waals surface area contributed by atoms with Gasteiger partial charge in [0.1, 0.15) is 11.5 Å². The SMILES string of the molecule is C#CCOC(=O)c1cccc(-c2ccc(C(c3c(C)[nH][nH]c3=O)c3c(C)[nH][nH]c3=O)o2)c1. The van der Waals surface area contributed by atoms with Gasteiger partial charge in [0.25, 0.3) is 11.1 Å². The third kappa shape index (κ3) is 3.70. The van der Waals surface area contributed by atoms with Crippen LogP contribution < -0.4 is 11.1 Å². The van der Waals surface area contributed by atoms with E-state index in [9.17, 15) is 14.4 Å². The van der Waals surface area contributed by atoms with Gasteiger partial charge in [-0.05, 0) is 38.1 Å². The molecule has 0 amide bonds. The molecule has 32 heavy (non-hydrogen) atoms. The summed E-state index contributed by atoms with van der Waals surface area (Å²) in [6, 6.07) is 10.1.